The van der Waals surface area contributed by atoms with Crippen molar-refractivity contribution in [2.24, 2.45) is 10.9 Å². The summed E-state index contributed by atoms with van der Waals surface area (Å²) in [5.41, 5.74) is 0.153. The van der Waals surface area contributed by atoms with Crippen LogP contribution in [0.25, 0.3) is 10.9 Å². The van der Waals surface area contributed by atoms with Gasteiger partial charge in [-0.2, -0.15) is 31.6 Å². The molecule has 0 bridgehead atoms. The van der Waals surface area contributed by atoms with Crippen molar-refractivity contribution in [1.82, 2.24) is 10.3 Å². The maximum atomic E-state index is 14.3. The molecule has 2 heterocycles. The van der Waals surface area contributed by atoms with Crippen LogP contribution >= 0.6 is 11.6 Å². The Kier molecular flexibility index (Phi) is 6.87. The number of rotatable bonds is 2. The van der Waals surface area contributed by atoms with Crippen LogP contribution in [0.3, 0.4) is 0 Å². The molecule has 0 saturated heterocycles. The zero-order valence-corrected chi connectivity index (χ0v) is 20.8. The van der Waals surface area contributed by atoms with E-state index in [4.69, 9.17) is 11.6 Å². The lowest BCUT2D eigenvalue weighted by molar-refractivity contribution is -0.0993. The smallest absolute Gasteiger partial charge is 0.360 e. The Hall–Kier alpha value is -3.52. The zero-order chi connectivity index (χ0) is 28.1. The van der Waals surface area contributed by atoms with Gasteiger partial charge in [-0.1, -0.05) is 23.7 Å². The summed E-state index contributed by atoms with van der Waals surface area (Å²) in [5.74, 6) is -1.65. The molecular weight excluding hydrogens is 549 g/mol. The van der Waals surface area contributed by atoms with Crippen molar-refractivity contribution in [2.45, 2.75) is 50.1 Å². The fourth-order valence-electron chi connectivity index (χ4n) is 5.37. The van der Waals surface area contributed by atoms with Gasteiger partial charge in [-0.3, -0.25) is 4.99 Å². The van der Waals surface area contributed by atoms with Crippen LogP contribution in [0.15, 0.2) is 53.2 Å². The third kappa shape index (κ3) is 5.35. The second-order valence-electron chi connectivity index (χ2n) is 9.65. The summed E-state index contributed by atoms with van der Waals surface area (Å²) in [6.45, 7) is 0. The Labute approximate surface area is 223 Å². The summed E-state index contributed by atoms with van der Waals surface area (Å²) < 4.78 is 95.3. The Morgan fingerprint density at radius 1 is 0.974 bits per heavy atom. The molecule has 1 aliphatic heterocycles. The number of aryl methyl sites for hydroxylation is 1. The SMILES string of the molecule is N#Cc1ccc(C2CCC(C3N=C(C(F)(F)F)C=C(C(F)(F)F)N3)CCc3c2[nH]c2cc(F)c(Cl)cc32)cc1. The monoisotopic (exact) mass is 568 g/mol. The molecule has 3 aromatic rings. The highest BCUT2D eigenvalue weighted by molar-refractivity contribution is 6.31. The largest absolute Gasteiger partial charge is 0.433 e. The third-order valence-corrected chi connectivity index (χ3v) is 7.56. The number of hydrogen-bond acceptors (Lipinski definition) is 3. The van der Waals surface area contributed by atoms with E-state index in [9.17, 15) is 36.0 Å². The van der Waals surface area contributed by atoms with Crippen molar-refractivity contribution < 1.29 is 30.7 Å². The van der Waals surface area contributed by atoms with E-state index < -0.39 is 41.7 Å². The molecule has 2 aliphatic rings. The fraction of sp³-hybridized carbons (Fsp3) is 0.333. The predicted octanol–water partition coefficient (Wildman–Crippen LogP) is 7.69. The normalized spacial score (nSPS) is 22.2. The van der Waals surface area contributed by atoms with Crippen molar-refractivity contribution in [2.75, 3.05) is 0 Å². The minimum atomic E-state index is -5.05. The number of benzene rings is 2. The number of aromatic amines is 1. The fourth-order valence-corrected chi connectivity index (χ4v) is 5.53. The van der Waals surface area contributed by atoms with Crippen LogP contribution < -0.4 is 5.32 Å². The molecule has 1 aromatic heterocycles. The van der Waals surface area contributed by atoms with Gasteiger partial charge in [0.15, 0.2) is 0 Å². The number of halogens is 8. The first-order chi connectivity index (χ1) is 18.3. The van der Waals surface area contributed by atoms with E-state index in [1.54, 1.807) is 24.3 Å². The molecule has 0 radical (unpaired) electrons. The van der Waals surface area contributed by atoms with Crippen molar-refractivity contribution >= 4 is 28.2 Å². The lowest BCUT2D eigenvalue weighted by Gasteiger charge is -2.33. The van der Waals surface area contributed by atoms with Crippen LogP contribution in [0.5, 0.6) is 0 Å². The molecule has 2 N–H and O–H groups in total. The van der Waals surface area contributed by atoms with Crippen LogP contribution in [0.1, 0.15) is 47.6 Å². The lowest BCUT2D eigenvalue weighted by atomic mass is 9.79. The Bertz CT molecular complexity index is 1510. The van der Waals surface area contributed by atoms with Crippen molar-refractivity contribution in [3.8, 4) is 6.07 Å². The molecule has 204 valence electrons. The number of aliphatic imine (C=N–C) groups is 1. The van der Waals surface area contributed by atoms with Gasteiger partial charge in [0.25, 0.3) is 0 Å². The molecule has 1 aliphatic carbocycles. The van der Waals surface area contributed by atoms with Gasteiger partial charge >= 0.3 is 12.4 Å². The molecule has 2 aromatic carbocycles. The maximum Gasteiger partial charge on any atom is 0.433 e. The summed E-state index contributed by atoms with van der Waals surface area (Å²) in [4.78, 5) is 6.92. The number of nitrogens with zero attached hydrogens (tertiary/aromatic N) is 2. The van der Waals surface area contributed by atoms with Crippen molar-refractivity contribution in [3.05, 3.63) is 81.4 Å². The molecule has 3 atom stereocenters. The molecule has 3 unspecified atom stereocenters. The molecule has 5 rings (SSSR count). The van der Waals surface area contributed by atoms with E-state index in [-0.39, 0.29) is 36.3 Å². The minimum Gasteiger partial charge on any atom is -0.360 e. The van der Waals surface area contributed by atoms with E-state index in [0.717, 1.165) is 16.8 Å². The second-order valence-corrected chi connectivity index (χ2v) is 10.1. The number of H-pyrrole nitrogens is 1. The topological polar surface area (TPSA) is 64.0 Å². The van der Waals surface area contributed by atoms with Crippen LogP contribution in [0.2, 0.25) is 5.02 Å². The number of nitriles is 1. The summed E-state index contributed by atoms with van der Waals surface area (Å²) in [7, 11) is 0. The highest BCUT2D eigenvalue weighted by atomic mass is 35.5. The quantitative estimate of drug-likeness (QED) is 0.311. The van der Waals surface area contributed by atoms with E-state index in [0.29, 0.717) is 22.9 Å². The Balaban J connectivity index is 1.57. The van der Waals surface area contributed by atoms with Crippen molar-refractivity contribution in [1.29, 1.82) is 5.26 Å². The van der Waals surface area contributed by atoms with Gasteiger partial charge in [-0.25, -0.2) is 4.39 Å². The summed E-state index contributed by atoms with van der Waals surface area (Å²) in [6, 6.07) is 11.5. The highest BCUT2D eigenvalue weighted by Crippen LogP contribution is 2.42. The van der Waals surface area contributed by atoms with Gasteiger partial charge in [-0.15, -0.1) is 0 Å². The van der Waals surface area contributed by atoms with Crippen LogP contribution in [0, 0.1) is 23.1 Å². The summed E-state index contributed by atoms with van der Waals surface area (Å²) >= 11 is 6.05. The number of nitrogens with one attached hydrogen (secondary N) is 2. The van der Waals surface area contributed by atoms with Gasteiger partial charge in [0.2, 0.25) is 0 Å². The average molecular weight is 569 g/mol. The predicted molar refractivity (Wildman–Crippen MR) is 132 cm³/mol. The van der Waals surface area contributed by atoms with E-state index >= 15 is 0 Å². The van der Waals surface area contributed by atoms with Crippen LogP contribution in [-0.4, -0.2) is 29.2 Å². The number of aromatic nitrogens is 1. The first-order valence-electron chi connectivity index (χ1n) is 12.0. The molecule has 0 spiro atoms. The lowest BCUT2D eigenvalue weighted by Crippen LogP contribution is -2.44. The van der Waals surface area contributed by atoms with Crippen molar-refractivity contribution in [3.63, 3.8) is 0 Å². The zero-order valence-electron chi connectivity index (χ0n) is 20.0. The molecule has 4 nitrogen and oxygen atoms in total. The van der Waals surface area contributed by atoms with Gasteiger partial charge in [0.1, 0.15) is 23.4 Å². The number of fused-ring (bicyclic) bond motifs is 3. The van der Waals surface area contributed by atoms with E-state index in [1.807, 2.05) is 6.07 Å². The Morgan fingerprint density at radius 3 is 2.33 bits per heavy atom. The van der Waals surface area contributed by atoms with Crippen LogP contribution in [-0.2, 0) is 6.42 Å². The third-order valence-electron chi connectivity index (χ3n) is 7.27. The number of allylic oxidation sites excluding steroid dienone is 2. The molecule has 12 heteroatoms. The van der Waals surface area contributed by atoms with Gasteiger partial charge in [0.05, 0.1) is 16.7 Å². The van der Waals surface area contributed by atoms with Crippen LogP contribution in [0.4, 0.5) is 30.7 Å². The average Bonchev–Trinajstić information content (AvgIpc) is 3.19. The van der Waals surface area contributed by atoms with E-state index in [1.165, 1.54) is 12.1 Å². The molecule has 0 fully saturated rings. The summed E-state index contributed by atoms with van der Waals surface area (Å²) in [5, 5.41) is 11.9. The molecule has 0 saturated carbocycles. The first-order valence-corrected chi connectivity index (χ1v) is 12.4. The number of alkyl halides is 6. The van der Waals surface area contributed by atoms with Gasteiger partial charge < -0.3 is 10.3 Å². The van der Waals surface area contributed by atoms with E-state index in [2.05, 4.69) is 15.3 Å². The Morgan fingerprint density at radius 2 is 1.69 bits per heavy atom. The first kappa shape index (κ1) is 27.1. The maximum absolute atomic E-state index is 14.3. The van der Waals surface area contributed by atoms with Gasteiger partial charge in [0, 0.05) is 22.5 Å². The molecular formula is C27H20ClF7N4. The molecule has 39 heavy (non-hydrogen) atoms. The minimum absolute atomic E-state index is 0.00666. The second kappa shape index (κ2) is 9.90. The molecule has 0 amide bonds. The highest BCUT2D eigenvalue weighted by Gasteiger charge is 2.44. The number of hydrogen-bond donors (Lipinski definition) is 2. The summed E-state index contributed by atoms with van der Waals surface area (Å²) in [6.07, 6.45) is -10.4. The van der Waals surface area contributed by atoms with Gasteiger partial charge in [-0.05, 0) is 73.1 Å². The standard InChI is InChI=1S/C27H20ClF7N4/c28-19-9-18-17-8-6-15(25-38-22(26(30,31)32)11-23(39-25)27(33,34)35)5-7-16(14-3-1-13(12-36)2-4-14)24(17)37-21(18)10-20(19)29/h1-4,9-11,15-16,25,37-38H,5-8H2.